The van der Waals surface area contributed by atoms with Gasteiger partial charge in [-0.25, -0.2) is 9.37 Å². The van der Waals surface area contributed by atoms with Crippen molar-refractivity contribution in [1.29, 1.82) is 0 Å². The molecule has 0 radical (unpaired) electrons. The molecular weight excluding hydrogens is 415 g/mol. The summed E-state index contributed by atoms with van der Waals surface area (Å²) >= 11 is 0. The first kappa shape index (κ1) is 22.1. The summed E-state index contributed by atoms with van der Waals surface area (Å²) in [5.74, 6) is 0.836. The number of oxazole rings is 1. The number of hydrogen-bond acceptors (Lipinski definition) is 6. The number of aromatic nitrogens is 1. The van der Waals surface area contributed by atoms with Gasteiger partial charge in [0.05, 0.1) is 30.3 Å². The van der Waals surface area contributed by atoms with Crippen molar-refractivity contribution < 1.29 is 23.2 Å². The summed E-state index contributed by atoms with van der Waals surface area (Å²) in [6, 6.07) is 12.5. The predicted octanol–water partition coefficient (Wildman–Crippen LogP) is 5.74. The summed E-state index contributed by atoms with van der Waals surface area (Å²) in [5, 5.41) is 10.8. The highest BCUT2D eigenvalue weighted by atomic mass is 19.1. The first-order valence-corrected chi connectivity index (χ1v) is 10.7. The Bertz CT molecular complexity index is 1050. The average Bonchev–Trinajstić information content (AvgIpc) is 3.18. The van der Waals surface area contributed by atoms with Crippen LogP contribution in [-0.2, 0) is 22.7 Å². The SMILES string of the molecule is Cc1oc(-c2ccc(F)cc2)nc1CO[C@@H]1CCC[C@H](OCc2ccc([N+](=O)[O-])cc2)C1. The van der Waals surface area contributed by atoms with E-state index in [4.69, 9.17) is 13.9 Å². The van der Waals surface area contributed by atoms with Crippen LogP contribution in [0.4, 0.5) is 10.1 Å². The van der Waals surface area contributed by atoms with Crippen LogP contribution in [0.3, 0.4) is 0 Å². The maximum absolute atomic E-state index is 13.1. The minimum Gasteiger partial charge on any atom is -0.441 e. The van der Waals surface area contributed by atoms with Gasteiger partial charge >= 0.3 is 0 Å². The third-order valence-electron chi connectivity index (χ3n) is 5.65. The molecule has 0 saturated heterocycles. The normalized spacial score (nSPS) is 18.6. The van der Waals surface area contributed by atoms with Gasteiger partial charge in [-0.1, -0.05) is 0 Å². The topological polar surface area (TPSA) is 87.6 Å². The van der Waals surface area contributed by atoms with E-state index in [2.05, 4.69) is 4.98 Å². The van der Waals surface area contributed by atoms with E-state index in [1.807, 2.05) is 6.92 Å². The monoisotopic (exact) mass is 440 g/mol. The standard InChI is InChI=1S/C24H25FN2O5/c1-16-23(26-24(32-16)18-7-9-19(25)10-8-18)15-31-22-4-2-3-21(13-22)30-14-17-5-11-20(12-6-17)27(28)29/h5-12,21-22H,2-4,13-15H2,1H3/t21-,22+/m0/s1. The van der Waals surface area contributed by atoms with Gasteiger partial charge in [-0.05, 0) is 74.6 Å². The fourth-order valence-electron chi connectivity index (χ4n) is 3.81. The molecule has 4 rings (SSSR count). The smallest absolute Gasteiger partial charge is 0.269 e. The molecule has 0 unspecified atom stereocenters. The molecule has 2 aromatic carbocycles. The number of halogens is 1. The van der Waals surface area contributed by atoms with Crippen molar-refractivity contribution >= 4 is 5.69 Å². The Morgan fingerprint density at radius 3 is 2.38 bits per heavy atom. The number of nitro groups is 1. The van der Waals surface area contributed by atoms with Gasteiger partial charge in [0.1, 0.15) is 17.3 Å². The summed E-state index contributed by atoms with van der Waals surface area (Å²) in [7, 11) is 0. The lowest BCUT2D eigenvalue weighted by Gasteiger charge is -2.29. The molecule has 1 aromatic heterocycles. The highest BCUT2D eigenvalue weighted by molar-refractivity contribution is 5.53. The largest absolute Gasteiger partial charge is 0.441 e. The van der Waals surface area contributed by atoms with Gasteiger partial charge in [0.15, 0.2) is 0 Å². The van der Waals surface area contributed by atoms with Gasteiger partial charge in [-0.2, -0.15) is 0 Å². The molecule has 3 aromatic rings. The Morgan fingerprint density at radius 1 is 1.06 bits per heavy atom. The van der Waals surface area contributed by atoms with Crippen molar-refractivity contribution in [2.45, 2.75) is 58.0 Å². The van der Waals surface area contributed by atoms with E-state index in [9.17, 15) is 14.5 Å². The second-order valence-electron chi connectivity index (χ2n) is 7.98. The Hall–Kier alpha value is -3.10. The van der Waals surface area contributed by atoms with Crippen molar-refractivity contribution in [2.24, 2.45) is 0 Å². The van der Waals surface area contributed by atoms with Gasteiger partial charge in [0.25, 0.3) is 5.69 Å². The lowest BCUT2D eigenvalue weighted by Crippen LogP contribution is -2.28. The van der Waals surface area contributed by atoms with Crippen molar-refractivity contribution in [1.82, 2.24) is 4.98 Å². The molecule has 32 heavy (non-hydrogen) atoms. The number of benzene rings is 2. The number of nitro benzene ring substituents is 1. The van der Waals surface area contributed by atoms with Crippen LogP contribution in [0.1, 0.15) is 42.7 Å². The van der Waals surface area contributed by atoms with Gasteiger partial charge in [0, 0.05) is 17.7 Å². The van der Waals surface area contributed by atoms with Crippen LogP contribution in [0.15, 0.2) is 52.9 Å². The first-order chi connectivity index (χ1) is 15.5. The third kappa shape index (κ3) is 5.57. The van der Waals surface area contributed by atoms with Crippen molar-refractivity contribution in [2.75, 3.05) is 0 Å². The van der Waals surface area contributed by atoms with E-state index in [0.29, 0.717) is 24.9 Å². The van der Waals surface area contributed by atoms with Crippen molar-refractivity contribution in [3.63, 3.8) is 0 Å². The number of nitrogens with zero attached hydrogens (tertiary/aromatic N) is 2. The van der Waals surface area contributed by atoms with E-state index < -0.39 is 4.92 Å². The van der Waals surface area contributed by atoms with Crippen LogP contribution in [0.2, 0.25) is 0 Å². The zero-order valence-electron chi connectivity index (χ0n) is 17.8. The van der Waals surface area contributed by atoms with Crippen LogP contribution in [0.25, 0.3) is 11.5 Å². The summed E-state index contributed by atoms with van der Waals surface area (Å²) in [4.78, 5) is 14.9. The number of aryl methyl sites for hydroxylation is 1. The van der Waals surface area contributed by atoms with Crippen molar-refractivity contribution in [3.8, 4) is 11.5 Å². The second kappa shape index (κ2) is 10.0. The summed E-state index contributed by atoms with van der Waals surface area (Å²) in [5.41, 5.74) is 2.44. The molecule has 2 atom stereocenters. The summed E-state index contributed by atoms with van der Waals surface area (Å²) in [6.45, 7) is 2.60. The zero-order chi connectivity index (χ0) is 22.5. The maximum Gasteiger partial charge on any atom is 0.269 e. The molecule has 0 spiro atoms. The van der Waals surface area contributed by atoms with Crippen LogP contribution in [0, 0.1) is 22.9 Å². The quantitative estimate of drug-likeness (QED) is 0.328. The van der Waals surface area contributed by atoms with Crippen LogP contribution < -0.4 is 0 Å². The Balaban J connectivity index is 1.28. The Morgan fingerprint density at radius 2 is 1.72 bits per heavy atom. The Kier molecular flexibility index (Phi) is 6.92. The molecule has 0 bridgehead atoms. The fourth-order valence-corrected chi connectivity index (χ4v) is 3.81. The molecule has 0 amide bonds. The highest BCUT2D eigenvalue weighted by Gasteiger charge is 2.24. The lowest BCUT2D eigenvalue weighted by molar-refractivity contribution is -0.384. The Labute approximate surface area is 185 Å². The minimum atomic E-state index is -0.410. The van der Waals surface area contributed by atoms with E-state index in [1.54, 1.807) is 24.3 Å². The van der Waals surface area contributed by atoms with E-state index in [-0.39, 0.29) is 23.7 Å². The number of ether oxygens (including phenoxy) is 2. The molecular formula is C24H25FN2O5. The molecule has 0 N–H and O–H groups in total. The van der Waals surface area contributed by atoms with Crippen LogP contribution >= 0.6 is 0 Å². The maximum atomic E-state index is 13.1. The molecule has 0 aliphatic heterocycles. The summed E-state index contributed by atoms with van der Waals surface area (Å²) in [6.07, 6.45) is 3.86. The lowest BCUT2D eigenvalue weighted by atomic mass is 9.95. The van der Waals surface area contributed by atoms with Crippen LogP contribution in [0.5, 0.6) is 0 Å². The molecule has 168 valence electrons. The van der Waals surface area contributed by atoms with E-state index in [1.165, 1.54) is 24.3 Å². The second-order valence-corrected chi connectivity index (χ2v) is 7.98. The van der Waals surface area contributed by atoms with Gasteiger partial charge in [-0.3, -0.25) is 10.1 Å². The number of non-ortho nitro benzene ring substituents is 1. The summed E-state index contributed by atoms with van der Waals surface area (Å²) < 4.78 is 31.0. The van der Waals surface area contributed by atoms with Gasteiger partial charge in [0.2, 0.25) is 5.89 Å². The third-order valence-corrected chi connectivity index (χ3v) is 5.65. The van der Waals surface area contributed by atoms with Crippen molar-refractivity contribution in [3.05, 3.63) is 81.5 Å². The molecule has 1 aliphatic carbocycles. The highest BCUT2D eigenvalue weighted by Crippen LogP contribution is 2.27. The van der Waals surface area contributed by atoms with Crippen LogP contribution in [-0.4, -0.2) is 22.1 Å². The molecule has 7 nitrogen and oxygen atoms in total. The zero-order valence-corrected chi connectivity index (χ0v) is 17.8. The molecule has 1 saturated carbocycles. The molecule has 1 heterocycles. The molecule has 8 heteroatoms. The van der Waals surface area contributed by atoms with E-state index >= 15 is 0 Å². The number of rotatable bonds is 8. The van der Waals surface area contributed by atoms with E-state index in [0.717, 1.165) is 42.5 Å². The minimum absolute atomic E-state index is 0.0657. The van der Waals surface area contributed by atoms with Gasteiger partial charge < -0.3 is 13.9 Å². The first-order valence-electron chi connectivity index (χ1n) is 10.7. The fraction of sp³-hybridized carbons (Fsp3) is 0.375. The molecule has 1 fully saturated rings. The average molecular weight is 440 g/mol. The van der Waals surface area contributed by atoms with Gasteiger partial charge in [-0.15, -0.1) is 0 Å². The predicted molar refractivity (Wildman–Crippen MR) is 115 cm³/mol. The number of hydrogen-bond donors (Lipinski definition) is 0. The molecule has 1 aliphatic rings.